The van der Waals surface area contributed by atoms with Gasteiger partial charge in [0, 0.05) is 12.8 Å². The molecular formula is C15H25NO2. The number of nitrogens with zero attached hydrogens (tertiary/aromatic N) is 1. The maximum absolute atomic E-state index is 5.97. The Balaban J connectivity index is 2.71. The van der Waals surface area contributed by atoms with Gasteiger partial charge in [0.05, 0.1) is 19.4 Å². The second-order valence-corrected chi connectivity index (χ2v) is 5.72. The summed E-state index contributed by atoms with van der Waals surface area (Å²) in [5.74, 6) is 0.796. The lowest BCUT2D eigenvalue weighted by Crippen LogP contribution is -2.23. The van der Waals surface area contributed by atoms with Gasteiger partial charge in [-0.2, -0.15) is 0 Å². The fourth-order valence-electron chi connectivity index (χ4n) is 1.61. The molecule has 0 radical (unpaired) electrons. The normalized spacial score (nSPS) is 19.8. The van der Waals surface area contributed by atoms with Crippen LogP contribution in [0.15, 0.2) is 28.6 Å². The van der Waals surface area contributed by atoms with Crippen LogP contribution in [0.5, 0.6) is 0 Å². The number of hydrogen-bond donors (Lipinski definition) is 0. The van der Waals surface area contributed by atoms with E-state index in [-0.39, 0.29) is 11.5 Å². The highest BCUT2D eigenvalue weighted by Crippen LogP contribution is 2.26. The van der Waals surface area contributed by atoms with Gasteiger partial charge in [0.2, 0.25) is 0 Å². The standard InChI is InChI=1S/C15H25NO2/c1-12(15(2,3)4)10-14(11-16-5)18-13-6-8-17-9-7-13/h10-11,13H,5-9H2,1-4H3/b12-10+,14-11+. The number of hydrogen-bond acceptors (Lipinski definition) is 3. The van der Waals surface area contributed by atoms with E-state index in [0.717, 1.165) is 31.8 Å². The van der Waals surface area contributed by atoms with Crippen molar-refractivity contribution >= 4 is 6.72 Å². The molecule has 0 bridgehead atoms. The molecule has 1 rings (SSSR count). The van der Waals surface area contributed by atoms with Crippen LogP contribution in [0, 0.1) is 5.41 Å². The van der Waals surface area contributed by atoms with Gasteiger partial charge in [-0.15, -0.1) is 0 Å². The Morgan fingerprint density at radius 2 is 1.94 bits per heavy atom. The molecule has 0 aromatic heterocycles. The van der Waals surface area contributed by atoms with Crippen LogP contribution in [-0.4, -0.2) is 26.0 Å². The van der Waals surface area contributed by atoms with Crippen LogP contribution in [-0.2, 0) is 9.47 Å². The van der Waals surface area contributed by atoms with Crippen molar-refractivity contribution in [2.75, 3.05) is 13.2 Å². The zero-order valence-corrected chi connectivity index (χ0v) is 12.0. The first-order valence-corrected chi connectivity index (χ1v) is 6.52. The van der Waals surface area contributed by atoms with Crippen LogP contribution < -0.4 is 0 Å². The molecule has 0 spiro atoms. The molecule has 18 heavy (non-hydrogen) atoms. The summed E-state index contributed by atoms with van der Waals surface area (Å²) in [7, 11) is 0. The molecule has 0 amide bonds. The molecule has 0 atom stereocenters. The Hall–Kier alpha value is -1.09. The number of rotatable bonds is 4. The van der Waals surface area contributed by atoms with E-state index in [1.807, 2.05) is 0 Å². The second-order valence-electron chi connectivity index (χ2n) is 5.72. The molecule has 1 heterocycles. The molecule has 0 N–H and O–H groups in total. The predicted octanol–water partition coefficient (Wildman–Crippen LogP) is 3.72. The Morgan fingerprint density at radius 1 is 1.33 bits per heavy atom. The van der Waals surface area contributed by atoms with Crippen molar-refractivity contribution in [3.63, 3.8) is 0 Å². The van der Waals surface area contributed by atoms with Gasteiger partial charge >= 0.3 is 0 Å². The smallest absolute Gasteiger partial charge is 0.137 e. The van der Waals surface area contributed by atoms with Crippen LogP contribution in [0.25, 0.3) is 0 Å². The van der Waals surface area contributed by atoms with Crippen LogP contribution in [0.4, 0.5) is 0 Å². The minimum atomic E-state index is 0.138. The van der Waals surface area contributed by atoms with Gasteiger partial charge in [-0.25, -0.2) is 0 Å². The topological polar surface area (TPSA) is 30.8 Å². The van der Waals surface area contributed by atoms with Gasteiger partial charge in [-0.05, 0) is 25.1 Å². The van der Waals surface area contributed by atoms with Crippen LogP contribution in [0.3, 0.4) is 0 Å². The summed E-state index contributed by atoms with van der Waals surface area (Å²) >= 11 is 0. The monoisotopic (exact) mass is 251 g/mol. The summed E-state index contributed by atoms with van der Waals surface area (Å²) in [5.41, 5.74) is 1.41. The quantitative estimate of drug-likeness (QED) is 0.433. The van der Waals surface area contributed by atoms with Crippen molar-refractivity contribution in [1.29, 1.82) is 0 Å². The summed E-state index contributed by atoms with van der Waals surface area (Å²) in [6, 6.07) is 0. The lowest BCUT2D eigenvalue weighted by Gasteiger charge is -2.25. The van der Waals surface area contributed by atoms with Crippen LogP contribution in [0.2, 0.25) is 0 Å². The van der Waals surface area contributed by atoms with E-state index in [1.54, 1.807) is 6.20 Å². The van der Waals surface area contributed by atoms with Crippen molar-refractivity contribution in [1.82, 2.24) is 0 Å². The fourth-order valence-corrected chi connectivity index (χ4v) is 1.61. The van der Waals surface area contributed by atoms with Gasteiger partial charge in [0.25, 0.3) is 0 Å². The minimum absolute atomic E-state index is 0.138. The third-order valence-corrected chi connectivity index (χ3v) is 3.23. The first-order chi connectivity index (χ1) is 8.43. The molecule has 0 aliphatic carbocycles. The van der Waals surface area contributed by atoms with Gasteiger partial charge in [0.15, 0.2) is 0 Å². The fraction of sp³-hybridized carbons (Fsp3) is 0.667. The maximum Gasteiger partial charge on any atom is 0.137 e. The van der Waals surface area contributed by atoms with Crippen molar-refractivity contribution < 1.29 is 9.47 Å². The Morgan fingerprint density at radius 3 is 2.44 bits per heavy atom. The molecular weight excluding hydrogens is 226 g/mol. The minimum Gasteiger partial charge on any atom is -0.489 e. The van der Waals surface area contributed by atoms with Gasteiger partial charge < -0.3 is 9.47 Å². The molecule has 1 saturated heterocycles. The van der Waals surface area contributed by atoms with E-state index in [0.29, 0.717) is 0 Å². The van der Waals surface area contributed by atoms with Crippen LogP contribution in [0.1, 0.15) is 40.5 Å². The highest BCUT2D eigenvalue weighted by Gasteiger charge is 2.17. The molecule has 3 heteroatoms. The SMILES string of the molecule is C=N/C=C(\C=C(/C)C(C)(C)C)OC1CCOCC1. The van der Waals surface area contributed by atoms with Crippen molar-refractivity contribution in [2.45, 2.75) is 46.6 Å². The largest absolute Gasteiger partial charge is 0.489 e. The van der Waals surface area contributed by atoms with E-state index < -0.39 is 0 Å². The number of ether oxygens (including phenoxy) is 2. The zero-order valence-electron chi connectivity index (χ0n) is 12.0. The maximum atomic E-state index is 5.97. The highest BCUT2D eigenvalue weighted by molar-refractivity contribution is 5.29. The molecule has 0 aromatic rings. The van der Waals surface area contributed by atoms with Crippen molar-refractivity contribution in [3.05, 3.63) is 23.6 Å². The average molecular weight is 251 g/mol. The predicted molar refractivity (Wildman–Crippen MR) is 75.8 cm³/mol. The molecule has 0 saturated carbocycles. The number of allylic oxidation sites excluding steroid dienone is 2. The van der Waals surface area contributed by atoms with Crippen molar-refractivity contribution in [2.24, 2.45) is 10.4 Å². The number of aliphatic imine (C=N–C) groups is 1. The third kappa shape index (κ3) is 5.05. The molecule has 1 aliphatic rings. The summed E-state index contributed by atoms with van der Waals surface area (Å²) in [6.07, 6.45) is 5.86. The zero-order chi connectivity index (χ0) is 13.6. The van der Waals surface area contributed by atoms with E-state index >= 15 is 0 Å². The first-order valence-electron chi connectivity index (χ1n) is 6.52. The van der Waals surface area contributed by atoms with Gasteiger partial charge in [0.1, 0.15) is 11.9 Å². The Kier molecular flexibility index (Phi) is 5.60. The summed E-state index contributed by atoms with van der Waals surface area (Å²) in [5, 5.41) is 0. The Labute approximate surface area is 111 Å². The van der Waals surface area contributed by atoms with E-state index in [1.165, 1.54) is 5.57 Å². The lowest BCUT2D eigenvalue weighted by molar-refractivity contribution is -0.000961. The lowest BCUT2D eigenvalue weighted by atomic mass is 9.87. The van der Waals surface area contributed by atoms with Crippen molar-refractivity contribution in [3.8, 4) is 0 Å². The second kappa shape index (κ2) is 6.74. The highest BCUT2D eigenvalue weighted by atomic mass is 16.5. The molecule has 102 valence electrons. The van der Waals surface area contributed by atoms with Gasteiger partial charge in [-0.3, -0.25) is 4.99 Å². The Bertz CT molecular complexity index is 331. The van der Waals surface area contributed by atoms with E-state index in [4.69, 9.17) is 9.47 Å². The third-order valence-electron chi connectivity index (χ3n) is 3.23. The summed E-state index contributed by atoms with van der Waals surface area (Å²) < 4.78 is 11.3. The molecule has 3 nitrogen and oxygen atoms in total. The first kappa shape index (κ1) is 15.0. The van der Waals surface area contributed by atoms with Crippen LogP contribution >= 0.6 is 0 Å². The van der Waals surface area contributed by atoms with E-state index in [2.05, 4.69) is 45.5 Å². The molecule has 1 aliphatic heterocycles. The van der Waals surface area contributed by atoms with Gasteiger partial charge in [-0.1, -0.05) is 26.3 Å². The molecule has 1 fully saturated rings. The summed E-state index contributed by atoms with van der Waals surface area (Å²) in [4.78, 5) is 3.82. The summed E-state index contributed by atoms with van der Waals surface area (Å²) in [6.45, 7) is 13.7. The molecule has 0 unspecified atom stereocenters. The molecule has 0 aromatic carbocycles. The van der Waals surface area contributed by atoms with E-state index in [9.17, 15) is 0 Å². The average Bonchev–Trinajstić information content (AvgIpc) is 2.29.